The highest BCUT2D eigenvalue weighted by molar-refractivity contribution is 5.98. The Balaban J connectivity index is 2.16. The highest BCUT2D eigenvalue weighted by atomic mass is 16.5. The van der Waals surface area contributed by atoms with Crippen molar-refractivity contribution in [3.63, 3.8) is 0 Å². The molecule has 3 rings (SSSR count). The lowest BCUT2D eigenvalue weighted by molar-refractivity contribution is -0.131. The molecule has 0 aromatic heterocycles. The largest absolute Gasteiger partial charge is 0.497 e. The fourth-order valence-electron chi connectivity index (χ4n) is 4.47. The van der Waals surface area contributed by atoms with Crippen LogP contribution in [0.25, 0.3) is 0 Å². The molecule has 5 nitrogen and oxygen atoms in total. The van der Waals surface area contributed by atoms with Gasteiger partial charge in [0.1, 0.15) is 11.5 Å². The number of aliphatic hydroxyl groups is 1. The maximum absolute atomic E-state index is 12.8. The average Bonchev–Trinajstić information content (AvgIpc) is 2.67. The van der Waals surface area contributed by atoms with Gasteiger partial charge >= 0.3 is 0 Å². The molecule has 158 valence electrons. The van der Waals surface area contributed by atoms with Crippen molar-refractivity contribution in [3.05, 3.63) is 70.9 Å². The molecular weight excluding hydrogens is 378 g/mol. The number of carbonyl (C=O) groups is 2. The number of ether oxygens (including phenoxy) is 1. The molecule has 1 aliphatic carbocycles. The fourth-order valence-corrected chi connectivity index (χ4v) is 4.47. The van der Waals surface area contributed by atoms with Gasteiger partial charge in [-0.3, -0.25) is 9.59 Å². The predicted octanol–water partition coefficient (Wildman–Crippen LogP) is 4.40. The third-order valence-corrected chi connectivity index (χ3v) is 5.81. The third kappa shape index (κ3) is 4.31. The van der Waals surface area contributed by atoms with Crippen LogP contribution >= 0.6 is 0 Å². The summed E-state index contributed by atoms with van der Waals surface area (Å²) < 4.78 is 5.21. The number of allylic oxidation sites excluding steroid dienone is 1. The summed E-state index contributed by atoms with van der Waals surface area (Å²) in [5.41, 5.74) is 2.60. The molecule has 0 unspecified atom stereocenters. The first kappa shape index (κ1) is 21.8. The van der Waals surface area contributed by atoms with E-state index in [0.717, 1.165) is 22.6 Å². The Morgan fingerprint density at radius 2 is 1.67 bits per heavy atom. The smallest absolute Gasteiger partial charge is 0.158 e. The van der Waals surface area contributed by atoms with E-state index in [9.17, 15) is 14.7 Å². The Hall–Kier alpha value is -2.92. The molecule has 0 aliphatic heterocycles. The molecule has 0 amide bonds. The van der Waals surface area contributed by atoms with Gasteiger partial charge in [0.05, 0.1) is 18.6 Å². The molecule has 3 atom stereocenters. The minimum absolute atomic E-state index is 0.113. The summed E-state index contributed by atoms with van der Waals surface area (Å²) in [7, 11) is 1.60. The summed E-state index contributed by atoms with van der Waals surface area (Å²) in [6.07, 6.45) is 0.181. The zero-order valence-electron chi connectivity index (χ0n) is 18.2. The van der Waals surface area contributed by atoms with E-state index in [2.05, 4.69) is 5.32 Å². The van der Waals surface area contributed by atoms with Crippen molar-refractivity contribution in [1.82, 2.24) is 0 Å². The van der Waals surface area contributed by atoms with Crippen molar-refractivity contribution in [1.29, 1.82) is 0 Å². The van der Waals surface area contributed by atoms with Crippen molar-refractivity contribution < 1.29 is 19.4 Å². The second-order valence-electron chi connectivity index (χ2n) is 8.31. The molecule has 0 heterocycles. The highest BCUT2D eigenvalue weighted by Crippen LogP contribution is 2.47. The van der Waals surface area contributed by atoms with Crippen molar-refractivity contribution >= 4 is 17.3 Å². The minimum atomic E-state index is -1.30. The highest BCUT2D eigenvalue weighted by Gasteiger charge is 2.49. The molecule has 30 heavy (non-hydrogen) atoms. The Bertz CT molecular complexity index is 971. The standard InChI is InChI=1S/C25H29NO4/c1-15-6-8-18(9-7-15)23-22(16(2)27)21(14-25(4,29)24(23)17(3)28)26-19-10-12-20(30-5)13-11-19/h6-13,23-24,26,29H,14H2,1-5H3/t23-,24-,25+/m1/s1. The molecule has 0 saturated heterocycles. The normalized spacial score (nSPS) is 23.8. The Kier molecular flexibility index (Phi) is 6.13. The molecule has 2 aromatic rings. The first-order chi connectivity index (χ1) is 14.1. The quantitative estimate of drug-likeness (QED) is 0.742. The molecule has 2 N–H and O–H groups in total. The number of ketones is 2. The van der Waals surface area contributed by atoms with Gasteiger partial charge in [0.25, 0.3) is 0 Å². The van der Waals surface area contributed by atoms with Gasteiger partial charge in [0.2, 0.25) is 0 Å². The molecule has 1 aliphatic rings. The van der Waals surface area contributed by atoms with E-state index in [-0.39, 0.29) is 18.0 Å². The maximum atomic E-state index is 12.8. The van der Waals surface area contributed by atoms with E-state index in [0.29, 0.717) is 11.3 Å². The zero-order valence-corrected chi connectivity index (χ0v) is 18.2. The van der Waals surface area contributed by atoms with Gasteiger partial charge in [-0.1, -0.05) is 29.8 Å². The van der Waals surface area contributed by atoms with E-state index in [1.807, 2.05) is 55.5 Å². The van der Waals surface area contributed by atoms with Crippen LogP contribution in [0, 0.1) is 12.8 Å². The van der Waals surface area contributed by atoms with E-state index < -0.39 is 17.4 Å². The van der Waals surface area contributed by atoms with Crippen molar-refractivity contribution in [2.75, 3.05) is 12.4 Å². The van der Waals surface area contributed by atoms with Crippen LogP contribution in [-0.4, -0.2) is 29.4 Å². The van der Waals surface area contributed by atoms with Gasteiger partial charge in [0, 0.05) is 29.3 Å². The van der Waals surface area contributed by atoms with Crippen LogP contribution in [0.4, 0.5) is 5.69 Å². The van der Waals surface area contributed by atoms with Gasteiger partial charge in [-0.05, 0) is 57.5 Å². The summed E-state index contributed by atoms with van der Waals surface area (Å²) in [6.45, 7) is 6.66. The van der Waals surface area contributed by atoms with Crippen LogP contribution < -0.4 is 10.1 Å². The van der Waals surface area contributed by atoms with Gasteiger partial charge in [0.15, 0.2) is 5.78 Å². The number of anilines is 1. The van der Waals surface area contributed by atoms with Crippen LogP contribution in [0.2, 0.25) is 0 Å². The molecule has 0 saturated carbocycles. The van der Waals surface area contributed by atoms with Crippen molar-refractivity contribution in [2.45, 2.75) is 45.6 Å². The number of aryl methyl sites for hydroxylation is 1. The Morgan fingerprint density at radius 3 is 2.17 bits per heavy atom. The predicted molar refractivity (Wildman–Crippen MR) is 118 cm³/mol. The molecule has 0 radical (unpaired) electrons. The fraction of sp³-hybridized carbons (Fsp3) is 0.360. The molecule has 5 heteroatoms. The van der Waals surface area contributed by atoms with Crippen LogP contribution in [0.3, 0.4) is 0 Å². The van der Waals surface area contributed by atoms with E-state index in [4.69, 9.17) is 4.74 Å². The Morgan fingerprint density at radius 1 is 1.07 bits per heavy atom. The average molecular weight is 408 g/mol. The van der Waals surface area contributed by atoms with Gasteiger partial charge < -0.3 is 15.2 Å². The van der Waals surface area contributed by atoms with Gasteiger partial charge in [-0.15, -0.1) is 0 Å². The lowest BCUT2D eigenvalue weighted by Crippen LogP contribution is -2.48. The van der Waals surface area contributed by atoms with E-state index in [1.165, 1.54) is 13.8 Å². The molecule has 0 fully saturated rings. The summed E-state index contributed by atoms with van der Waals surface area (Å²) in [6, 6.07) is 15.2. The van der Waals surface area contributed by atoms with Crippen LogP contribution in [0.5, 0.6) is 5.75 Å². The first-order valence-corrected chi connectivity index (χ1v) is 10.1. The maximum Gasteiger partial charge on any atom is 0.158 e. The molecule has 0 spiro atoms. The second-order valence-corrected chi connectivity index (χ2v) is 8.31. The third-order valence-electron chi connectivity index (χ3n) is 5.81. The number of hydrogen-bond acceptors (Lipinski definition) is 5. The Labute approximate surface area is 177 Å². The second kappa shape index (κ2) is 8.44. The summed E-state index contributed by atoms with van der Waals surface area (Å²) in [5, 5.41) is 14.6. The number of hydrogen-bond donors (Lipinski definition) is 2. The zero-order chi connectivity index (χ0) is 22.1. The topological polar surface area (TPSA) is 75.6 Å². The van der Waals surface area contributed by atoms with Crippen LogP contribution in [0.1, 0.15) is 44.2 Å². The van der Waals surface area contributed by atoms with Crippen LogP contribution in [-0.2, 0) is 9.59 Å². The molecular formula is C25H29NO4. The number of nitrogens with one attached hydrogen (secondary N) is 1. The monoisotopic (exact) mass is 407 g/mol. The number of carbonyl (C=O) groups excluding carboxylic acids is 2. The van der Waals surface area contributed by atoms with Crippen molar-refractivity contribution in [3.8, 4) is 5.75 Å². The van der Waals surface area contributed by atoms with E-state index in [1.54, 1.807) is 14.0 Å². The van der Waals surface area contributed by atoms with Crippen LogP contribution in [0.15, 0.2) is 59.8 Å². The lowest BCUT2D eigenvalue weighted by atomic mass is 9.64. The number of benzene rings is 2. The van der Waals surface area contributed by atoms with Gasteiger partial charge in [-0.2, -0.15) is 0 Å². The SMILES string of the molecule is COc1ccc(NC2=C(C(C)=O)[C@@H](c3ccc(C)cc3)[C@@H](C(C)=O)[C@@](C)(O)C2)cc1. The minimum Gasteiger partial charge on any atom is -0.497 e. The molecule has 0 bridgehead atoms. The van der Waals surface area contributed by atoms with E-state index >= 15 is 0 Å². The van der Waals surface area contributed by atoms with Gasteiger partial charge in [-0.25, -0.2) is 0 Å². The summed E-state index contributed by atoms with van der Waals surface area (Å²) in [4.78, 5) is 25.5. The lowest BCUT2D eigenvalue weighted by Gasteiger charge is -2.43. The number of methoxy groups -OCH3 is 1. The first-order valence-electron chi connectivity index (χ1n) is 10.1. The number of Topliss-reactive ketones (excluding diaryl/α,β-unsaturated/α-hetero) is 2. The summed E-state index contributed by atoms with van der Waals surface area (Å²) >= 11 is 0. The van der Waals surface area contributed by atoms with Crippen molar-refractivity contribution in [2.24, 2.45) is 5.92 Å². The number of rotatable bonds is 6. The summed E-state index contributed by atoms with van der Waals surface area (Å²) in [5.74, 6) is -0.747. The molecule has 2 aromatic carbocycles.